The Morgan fingerprint density at radius 3 is 1.93 bits per heavy atom. The fraction of sp³-hybridized carbons (Fsp3) is 0.250. The minimum absolute atomic E-state index is 0.123. The molecule has 0 N–H and O–H groups in total. The number of halogens is 4. The Kier molecular flexibility index (Phi) is 8.10. The van der Waals surface area contributed by atoms with Crippen LogP contribution in [0, 0.1) is 0 Å². The summed E-state index contributed by atoms with van der Waals surface area (Å²) < 4.78 is 13.0. The second-order valence-electron chi connectivity index (χ2n) is 2.25. The molecule has 0 unspecified atom stereocenters. The Hall–Kier alpha value is -0.0600. The Balaban J connectivity index is 0.000000583. The molecule has 7 heteroatoms. The van der Waals surface area contributed by atoms with E-state index in [2.05, 4.69) is 13.3 Å². The summed E-state index contributed by atoms with van der Waals surface area (Å²) in [5.41, 5.74) is 0. The van der Waals surface area contributed by atoms with Crippen LogP contribution in [0.15, 0.2) is 12.1 Å². The molecule has 0 atom stereocenters. The molecule has 86 valence electrons. The van der Waals surface area contributed by atoms with Gasteiger partial charge in [-0.25, -0.2) is 0 Å². The fourth-order valence-corrected chi connectivity index (χ4v) is 1.54. The Bertz CT molecular complexity index is 306. The zero-order valence-electron chi connectivity index (χ0n) is 7.89. The third-order valence-corrected chi connectivity index (χ3v) is 2.15. The predicted molar refractivity (Wildman–Crippen MR) is 62.4 cm³/mol. The Morgan fingerprint density at radius 2 is 1.53 bits per heavy atom. The molecule has 0 spiro atoms. The van der Waals surface area contributed by atoms with Crippen molar-refractivity contribution in [2.24, 2.45) is 0 Å². The lowest BCUT2D eigenvalue weighted by molar-refractivity contribution is 0.277. The summed E-state index contributed by atoms with van der Waals surface area (Å²) >= 11 is 21.6. The molecule has 1 aromatic rings. The van der Waals surface area contributed by atoms with Gasteiger partial charge in [-0.05, 0) is 12.1 Å². The summed E-state index contributed by atoms with van der Waals surface area (Å²) in [4.78, 5) is 0. The van der Waals surface area contributed by atoms with Crippen LogP contribution >= 0.6 is 46.9 Å². The van der Waals surface area contributed by atoms with Crippen LogP contribution in [0.2, 0.25) is 10.0 Å². The highest BCUT2D eigenvalue weighted by atomic mass is 35.5. The van der Waals surface area contributed by atoms with Gasteiger partial charge in [0.05, 0.1) is 5.02 Å². The van der Waals surface area contributed by atoms with Gasteiger partial charge in [-0.3, -0.25) is 0 Å². The van der Waals surface area contributed by atoms with E-state index in [1.165, 1.54) is 12.1 Å². The number of rotatable bonds is 2. The molecule has 0 aliphatic rings. The predicted octanol–water partition coefficient (Wildman–Crippen LogP) is 4.32. The number of hydrogen-bond donors (Lipinski definition) is 0. The summed E-state index contributed by atoms with van der Waals surface area (Å²) in [6.45, 7) is 0. The van der Waals surface area contributed by atoms with Crippen molar-refractivity contribution < 1.29 is 13.3 Å². The molecule has 0 aliphatic heterocycles. The molecular weight excluding hydrogens is 286 g/mol. The van der Waals surface area contributed by atoms with E-state index in [9.17, 15) is 0 Å². The van der Waals surface area contributed by atoms with Crippen molar-refractivity contribution >= 4 is 46.9 Å². The quantitative estimate of drug-likeness (QED) is 0.813. The van der Waals surface area contributed by atoms with E-state index in [1.54, 1.807) is 14.2 Å². The second kappa shape index (κ2) is 8.13. The highest BCUT2D eigenvalue weighted by Gasteiger charge is 2.12. The topological polar surface area (TPSA) is 27.7 Å². The van der Waals surface area contributed by atoms with Crippen molar-refractivity contribution in [2.45, 2.75) is 0 Å². The largest absolute Gasteiger partial charge is 0.388 e. The van der Waals surface area contributed by atoms with Crippen molar-refractivity contribution in [3.05, 3.63) is 22.2 Å². The minimum atomic E-state index is 0.123. The first-order valence-corrected chi connectivity index (χ1v) is 4.95. The van der Waals surface area contributed by atoms with E-state index in [1.807, 2.05) is 0 Å². The first-order valence-electron chi connectivity index (χ1n) is 3.57. The van der Waals surface area contributed by atoms with Gasteiger partial charge in [0.15, 0.2) is 11.5 Å². The third-order valence-electron chi connectivity index (χ3n) is 1.17. The Morgan fingerprint density at radius 1 is 1.00 bits per heavy atom. The van der Waals surface area contributed by atoms with Gasteiger partial charge < -0.3 is 13.3 Å². The van der Waals surface area contributed by atoms with Gasteiger partial charge in [0.1, 0.15) is 28.8 Å². The highest BCUT2D eigenvalue weighted by molar-refractivity contribution is 6.38. The van der Waals surface area contributed by atoms with E-state index in [-0.39, 0.29) is 21.5 Å². The number of ether oxygens (including phenoxy) is 1. The lowest BCUT2D eigenvalue weighted by Crippen LogP contribution is -1.83. The standard InChI is InChI=1S/C6H2Cl4O2.C2H6O/c7-3-1-2-4(11-9)5(8)6(3)12-10;1-3-2/h1-2H;1-2H3. The molecule has 0 bridgehead atoms. The molecule has 3 nitrogen and oxygen atoms in total. The van der Waals surface area contributed by atoms with Gasteiger partial charge >= 0.3 is 0 Å². The molecule has 0 saturated heterocycles. The minimum Gasteiger partial charge on any atom is -0.388 e. The van der Waals surface area contributed by atoms with Gasteiger partial charge in [0.2, 0.25) is 0 Å². The van der Waals surface area contributed by atoms with Crippen LogP contribution in [0.1, 0.15) is 0 Å². The van der Waals surface area contributed by atoms with Crippen molar-refractivity contribution in [2.75, 3.05) is 14.2 Å². The van der Waals surface area contributed by atoms with Gasteiger partial charge in [0.25, 0.3) is 0 Å². The summed E-state index contributed by atoms with van der Waals surface area (Å²) in [6.07, 6.45) is 0. The number of methoxy groups -OCH3 is 1. The molecular formula is C8H8Cl4O3. The van der Waals surface area contributed by atoms with Crippen molar-refractivity contribution in [3.8, 4) is 11.5 Å². The molecule has 1 aromatic carbocycles. The van der Waals surface area contributed by atoms with Crippen LogP contribution in [0.4, 0.5) is 0 Å². The molecule has 1 rings (SSSR count). The molecule has 0 saturated carbocycles. The van der Waals surface area contributed by atoms with E-state index in [0.29, 0.717) is 0 Å². The number of benzene rings is 1. The second-order valence-corrected chi connectivity index (χ2v) is 3.34. The first-order chi connectivity index (χ1) is 7.12. The average molecular weight is 294 g/mol. The summed E-state index contributed by atoms with van der Waals surface area (Å²) in [6, 6.07) is 3.00. The average Bonchev–Trinajstić information content (AvgIpc) is 2.20. The van der Waals surface area contributed by atoms with Crippen LogP contribution in [-0.2, 0) is 4.74 Å². The first kappa shape index (κ1) is 14.9. The highest BCUT2D eigenvalue weighted by Crippen LogP contribution is 2.40. The number of hydrogen-bond acceptors (Lipinski definition) is 3. The van der Waals surface area contributed by atoms with Crippen molar-refractivity contribution in [1.29, 1.82) is 0 Å². The van der Waals surface area contributed by atoms with Gasteiger partial charge in [-0.2, -0.15) is 0 Å². The van der Waals surface area contributed by atoms with E-state index in [4.69, 9.17) is 46.9 Å². The molecule has 15 heavy (non-hydrogen) atoms. The van der Waals surface area contributed by atoms with Crippen LogP contribution in [-0.4, -0.2) is 14.2 Å². The maximum absolute atomic E-state index is 5.71. The van der Waals surface area contributed by atoms with Gasteiger partial charge in [-0.1, -0.05) is 23.2 Å². The van der Waals surface area contributed by atoms with E-state index < -0.39 is 0 Å². The van der Waals surface area contributed by atoms with E-state index >= 15 is 0 Å². The fourth-order valence-electron chi connectivity index (χ4n) is 0.645. The maximum Gasteiger partial charge on any atom is 0.187 e. The van der Waals surface area contributed by atoms with Gasteiger partial charge in [0, 0.05) is 14.2 Å². The van der Waals surface area contributed by atoms with Crippen LogP contribution in [0.25, 0.3) is 0 Å². The van der Waals surface area contributed by atoms with Crippen LogP contribution < -0.4 is 8.58 Å². The van der Waals surface area contributed by atoms with Crippen LogP contribution in [0.5, 0.6) is 11.5 Å². The van der Waals surface area contributed by atoms with Crippen molar-refractivity contribution in [1.82, 2.24) is 0 Å². The third kappa shape index (κ3) is 4.53. The van der Waals surface area contributed by atoms with Crippen LogP contribution in [0.3, 0.4) is 0 Å². The van der Waals surface area contributed by atoms with Gasteiger partial charge in [-0.15, -0.1) is 0 Å². The zero-order chi connectivity index (χ0) is 11.8. The maximum atomic E-state index is 5.71. The summed E-state index contributed by atoms with van der Waals surface area (Å²) in [5, 5.41) is 0.417. The summed E-state index contributed by atoms with van der Waals surface area (Å²) in [7, 11) is 3.25. The smallest absolute Gasteiger partial charge is 0.187 e. The van der Waals surface area contributed by atoms with Crippen molar-refractivity contribution in [3.63, 3.8) is 0 Å². The molecule has 0 radical (unpaired) electrons. The molecule has 0 amide bonds. The van der Waals surface area contributed by atoms with E-state index in [0.717, 1.165) is 0 Å². The summed E-state index contributed by atoms with van der Waals surface area (Å²) in [5.74, 6) is 0.358. The molecule has 0 fully saturated rings. The zero-order valence-corrected chi connectivity index (χ0v) is 10.9. The SMILES string of the molecule is COC.ClOc1ccc(Cl)c(OCl)c1Cl. The molecule has 0 aliphatic carbocycles. The lowest BCUT2D eigenvalue weighted by Gasteiger charge is -2.04. The molecule has 0 heterocycles. The molecule has 0 aromatic heterocycles. The lowest BCUT2D eigenvalue weighted by atomic mass is 10.3. The Labute approximate surface area is 108 Å². The normalized spacial score (nSPS) is 8.93. The monoisotopic (exact) mass is 292 g/mol.